The Hall–Kier alpha value is -0.830. The topological polar surface area (TPSA) is 38.0 Å². The van der Waals surface area contributed by atoms with Crippen LogP contribution in [0.5, 0.6) is 0 Å². The predicted octanol–water partition coefficient (Wildman–Crippen LogP) is 2.93. The summed E-state index contributed by atoms with van der Waals surface area (Å²) in [7, 11) is 1.92. The van der Waals surface area contributed by atoms with E-state index in [4.69, 9.17) is 0 Å². The number of hydrogen-bond acceptors (Lipinski definition) is 2. The molecule has 18 heavy (non-hydrogen) atoms. The number of rotatable bonds is 2. The Morgan fingerprint density at radius 2 is 2.00 bits per heavy atom. The van der Waals surface area contributed by atoms with Crippen LogP contribution in [0.3, 0.4) is 0 Å². The fraction of sp³-hybridized carbons (Fsp3) is 0.800. The van der Waals surface area contributed by atoms with E-state index in [2.05, 4.69) is 25.9 Å². The van der Waals surface area contributed by atoms with E-state index in [1.165, 1.54) is 0 Å². The van der Waals surface area contributed by atoms with Gasteiger partial charge in [-0.3, -0.25) is 4.68 Å². The van der Waals surface area contributed by atoms with Crippen LogP contribution < -0.4 is 0 Å². The van der Waals surface area contributed by atoms with Crippen LogP contribution in [0.4, 0.5) is 0 Å². The summed E-state index contributed by atoms with van der Waals surface area (Å²) >= 11 is 0. The number of aryl methyl sites for hydroxylation is 1. The minimum atomic E-state index is -0.509. The van der Waals surface area contributed by atoms with Crippen LogP contribution in [-0.4, -0.2) is 20.5 Å². The third-order valence-electron chi connectivity index (χ3n) is 4.43. The number of aromatic nitrogens is 2. The number of nitrogens with zero attached hydrogens (tertiary/aromatic N) is 2. The fourth-order valence-electron chi connectivity index (χ4n) is 3.14. The van der Waals surface area contributed by atoms with Gasteiger partial charge in [-0.15, -0.1) is 0 Å². The molecular formula is C15H26N2O. The van der Waals surface area contributed by atoms with Gasteiger partial charge in [0.1, 0.15) is 0 Å². The average molecular weight is 250 g/mol. The van der Waals surface area contributed by atoms with Crippen molar-refractivity contribution in [3.63, 3.8) is 0 Å². The maximum atomic E-state index is 10.7. The van der Waals surface area contributed by atoms with Crippen LogP contribution in [0.15, 0.2) is 12.4 Å². The molecule has 0 aliphatic heterocycles. The molecule has 1 aliphatic rings. The molecule has 1 aromatic heterocycles. The molecule has 1 aliphatic carbocycles. The Bertz CT molecular complexity index is 395. The Labute approximate surface area is 110 Å². The molecule has 2 rings (SSSR count). The lowest BCUT2D eigenvalue weighted by Crippen LogP contribution is -2.39. The molecule has 0 spiro atoms. The standard InChI is InChI=1S/C15H26N2O/c1-14(2,3)13-5-7-15(18,8-6-13)9-12-10-16-17(4)11-12/h10-11,13,18H,5-9H2,1-4H3. The van der Waals surface area contributed by atoms with Crippen LogP contribution in [0, 0.1) is 11.3 Å². The Morgan fingerprint density at radius 1 is 1.39 bits per heavy atom. The molecule has 0 saturated heterocycles. The van der Waals surface area contributed by atoms with E-state index in [9.17, 15) is 5.11 Å². The normalized spacial score (nSPS) is 29.5. The van der Waals surface area contributed by atoms with E-state index in [0.717, 1.165) is 43.6 Å². The molecule has 0 radical (unpaired) electrons. The van der Waals surface area contributed by atoms with E-state index in [0.29, 0.717) is 5.41 Å². The van der Waals surface area contributed by atoms with Crippen molar-refractivity contribution >= 4 is 0 Å². The van der Waals surface area contributed by atoms with Gasteiger partial charge in [0.2, 0.25) is 0 Å². The summed E-state index contributed by atoms with van der Waals surface area (Å²) in [6.45, 7) is 6.93. The molecule has 102 valence electrons. The highest BCUT2D eigenvalue weighted by Crippen LogP contribution is 2.42. The molecular weight excluding hydrogens is 224 g/mol. The second kappa shape index (κ2) is 4.69. The van der Waals surface area contributed by atoms with Crippen LogP contribution >= 0.6 is 0 Å². The first kappa shape index (κ1) is 13.6. The summed E-state index contributed by atoms with van der Waals surface area (Å²) in [6, 6.07) is 0. The van der Waals surface area contributed by atoms with Gasteiger partial charge in [0, 0.05) is 19.7 Å². The van der Waals surface area contributed by atoms with Crippen molar-refractivity contribution < 1.29 is 5.11 Å². The largest absolute Gasteiger partial charge is 0.390 e. The molecule has 1 saturated carbocycles. The lowest BCUT2D eigenvalue weighted by atomic mass is 9.67. The molecule has 1 aromatic rings. The summed E-state index contributed by atoms with van der Waals surface area (Å²) < 4.78 is 1.81. The van der Waals surface area contributed by atoms with Crippen molar-refractivity contribution in [2.75, 3.05) is 0 Å². The first-order valence-electron chi connectivity index (χ1n) is 6.98. The van der Waals surface area contributed by atoms with Crippen LogP contribution in [0.2, 0.25) is 0 Å². The number of aliphatic hydroxyl groups is 1. The minimum Gasteiger partial charge on any atom is -0.390 e. The highest BCUT2D eigenvalue weighted by molar-refractivity contribution is 5.09. The Balaban J connectivity index is 1.95. The van der Waals surface area contributed by atoms with Gasteiger partial charge in [-0.05, 0) is 42.6 Å². The highest BCUT2D eigenvalue weighted by Gasteiger charge is 2.37. The first-order valence-corrected chi connectivity index (χ1v) is 6.98. The zero-order chi connectivity index (χ0) is 13.4. The van der Waals surface area contributed by atoms with Gasteiger partial charge < -0.3 is 5.11 Å². The Morgan fingerprint density at radius 3 is 2.44 bits per heavy atom. The lowest BCUT2D eigenvalue weighted by molar-refractivity contribution is -0.0245. The smallest absolute Gasteiger partial charge is 0.0689 e. The van der Waals surface area contributed by atoms with Gasteiger partial charge in [-0.25, -0.2) is 0 Å². The van der Waals surface area contributed by atoms with Crippen molar-refractivity contribution in [2.24, 2.45) is 18.4 Å². The summed E-state index contributed by atoms with van der Waals surface area (Å²) in [4.78, 5) is 0. The van der Waals surface area contributed by atoms with Gasteiger partial charge in [-0.1, -0.05) is 20.8 Å². The molecule has 1 N–H and O–H groups in total. The molecule has 0 atom stereocenters. The van der Waals surface area contributed by atoms with Crippen molar-refractivity contribution in [1.29, 1.82) is 0 Å². The molecule has 0 amide bonds. The average Bonchev–Trinajstić information content (AvgIpc) is 2.62. The zero-order valence-electron chi connectivity index (χ0n) is 12.1. The number of hydrogen-bond donors (Lipinski definition) is 1. The lowest BCUT2D eigenvalue weighted by Gasteiger charge is -2.41. The maximum absolute atomic E-state index is 10.7. The van der Waals surface area contributed by atoms with Crippen molar-refractivity contribution in [3.05, 3.63) is 18.0 Å². The molecule has 3 heteroatoms. The molecule has 0 aromatic carbocycles. The van der Waals surface area contributed by atoms with E-state index in [1.807, 2.05) is 19.4 Å². The second-order valence-electron chi connectivity index (χ2n) is 7.06. The fourth-order valence-corrected chi connectivity index (χ4v) is 3.14. The third kappa shape index (κ3) is 3.14. The highest BCUT2D eigenvalue weighted by atomic mass is 16.3. The minimum absolute atomic E-state index is 0.371. The summed E-state index contributed by atoms with van der Waals surface area (Å²) in [5.41, 5.74) is 1.01. The predicted molar refractivity (Wildman–Crippen MR) is 73.3 cm³/mol. The van der Waals surface area contributed by atoms with E-state index >= 15 is 0 Å². The van der Waals surface area contributed by atoms with Gasteiger partial charge >= 0.3 is 0 Å². The SMILES string of the molecule is Cn1cc(CC2(O)CCC(C(C)(C)C)CC2)cn1. The summed E-state index contributed by atoms with van der Waals surface area (Å²) in [5, 5.41) is 14.9. The first-order chi connectivity index (χ1) is 8.28. The second-order valence-corrected chi connectivity index (χ2v) is 7.06. The zero-order valence-corrected chi connectivity index (χ0v) is 12.1. The quantitative estimate of drug-likeness (QED) is 0.876. The van der Waals surface area contributed by atoms with Gasteiger partial charge in [0.25, 0.3) is 0 Å². The Kier molecular flexibility index (Phi) is 3.54. The summed E-state index contributed by atoms with van der Waals surface area (Å²) in [5.74, 6) is 0.742. The van der Waals surface area contributed by atoms with E-state index in [1.54, 1.807) is 4.68 Å². The third-order valence-corrected chi connectivity index (χ3v) is 4.43. The van der Waals surface area contributed by atoms with E-state index in [-0.39, 0.29) is 0 Å². The van der Waals surface area contributed by atoms with E-state index < -0.39 is 5.60 Å². The molecule has 3 nitrogen and oxygen atoms in total. The monoisotopic (exact) mass is 250 g/mol. The molecule has 0 bridgehead atoms. The van der Waals surface area contributed by atoms with Crippen molar-refractivity contribution in [3.8, 4) is 0 Å². The van der Waals surface area contributed by atoms with Crippen LogP contribution in [0.25, 0.3) is 0 Å². The molecule has 0 unspecified atom stereocenters. The van der Waals surface area contributed by atoms with Crippen molar-refractivity contribution in [2.45, 2.75) is 58.5 Å². The van der Waals surface area contributed by atoms with Gasteiger partial charge in [-0.2, -0.15) is 5.10 Å². The summed E-state index contributed by atoms with van der Waals surface area (Å²) in [6.07, 6.45) is 8.74. The van der Waals surface area contributed by atoms with Crippen LogP contribution in [-0.2, 0) is 13.5 Å². The maximum Gasteiger partial charge on any atom is 0.0689 e. The molecule has 1 heterocycles. The van der Waals surface area contributed by atoms with Crippen LogP contribution in [0.1, 0.15) is 52.0 Å². The van der Waals surface area contributed by atoms with Gasteiger partial charge in [0.15, 0.2) is 0 Å². The van der Waals surface area contributed by atoms with Crippen molar-refractivity contribution in [1.82, 2.24) is 9.78 Å². The molecule has 1 fully saturated rings. The van der Waals surface area contributed by atoms with Gasteiger partial charge in [0.05, 0.1) is 11.8 Å².